The van der Waals surface area contributed by atoms with Crippen LogP contribution in [0.2, 0.25) is 5.02 Å². The Labute approximate surface area is 141 Å². The van der Waals surface area contributed by atoms with Crippen LogP contribution in [0.3, 0.4) is 0 Å². The van der Waals surface area contributed by atoms with Crippen molar-refractivity contribution < 1.29 is 0 Å². The van der Waals surface area contributed by atoms with Crippen LogP contribution in [0, 0.1) is 0 Å². The minimum absolute atomic E-state index is 0.276. The molecule has 5 nitrogen and oxygen atoms in total. The van der Waals surface area contributed by atoms with E-state index < -0.39 is 0 Å². The van der Waals surface area contributed by atoms with Crippen LogP contribution in [0.25, 0.3) is 11.1 Å². The Morgan fingerprint density at radius 2 is 2.09 bits per heavy atom. The number of halogens is 1. The van der Waals surface area contributed by atoms with E-state index in [-0.39, 0.29) is 5.95 Å². The van der Waals surface area contributed by atoms with Crippen LogP contribution in [0.4, 0.5) is 11.8 Å². The summed E-state index contributed by atoms with van der Waals surface area (Å²) >= 11 is 6.09. The van der Waals surface area contributed by atoms with E-state index in [0.717, 1.165) is 36.5 Å². The van der Waals surface area contributed by atoms with Crippen molar-refractivity contribution in [1.29, 1.82) is 0 Å². The second-order valence-corrected chi connectivity index (χ2v) is 6.27. The number of hydrogen-bond donors (Lipinski definition) is 2. The minimum atomic E-state index is 0.276. The Kier molecular flexibility index (Phi) is 5.31. The number of nitrogen functional groups attached to an aromatic ring is 1. The van der Waals surface area contributed by atoms with Crippen molar-refractivity contribution in [1.82, 2.24) is 14.9 Å². The van der Waals surface area contributed by atoms with Gasteiger partial charge in [0.05, 0.1) is 0 Å². The molecule has 2 aromatic rings. The monoisotopic (exact) mass is 331 g/mol. The number of nitrogens with two attached hydrogens (primary N) is 1. The predicted molar refractivity (Wildman–Crippen MR) is 95.7 cm³/mol. The van der Waals surface area contributed by atoms with Gasteiger partial charge in [0.2, 0.25) is 5.95 Å². The number of nitrogens with one attached hydrogen (secondary N) is 1. The second-order valence-electron chi connectivity index (χ2n) is 5.83. The summed E-state index contributed by atoms with van der Waals surface area (Å²) in [5, 5.41) is 4.09. The first-order valence-corrected chi connectivity index (χ1v) is 8.45. The van der Waals surface area contributed by atoms with Gasteiger partial charge >= 0.3 is 0 Å². The molecule has 0 unspecified atom stereocenters. The minimum Gasteiger partial charge on any atom is -0.369 e. The molecule has 6 heteroatoms. The van der Waals surface area contributed by atoms with Crippen LogP contribution >= 0.6 is 11.6 Å². The summed E-state index contributed by atoms with van der Waals surface area (Å²) in [5.41, 5.74) is 7.65. The highest BCUT2D eigenvalue weighted by atomic mass is 35.5. The van der Waals surface area contributed by atoms with Crippen LogP contribution in [0.5, 0.6) is 0 Å². The van der Waals surface area contributed by atoms with Crippen LogP contribution in [-0.4, -0.2) is 41.0 Å². The third-order valence-electron chi connectivity index (χ3n) is 4.09. The average molecular weight is 332 g/mol. The van der Waals surface area contributed by atoms with Crippen molar-refractivity contribution in [2.45, 2.75) is 19.3 Å². The number of benzene rings is 1. The average Bonchev–Trinajstić information content (AvgIpc) is 3.05. The van der Waals surface area contributed by atoms with Crippen LogP contribution in [-0.2, 0) is 0 Å². The lowest BCUT2D eigenvalue weighted by Gasteiger charge is -2.15. The fraction of sp³-hybridized carbons (Fsp3) is 0.412. The van der Waals surface area contributed by atoms with Gasteiger partial charge in [-0.15, -0.1) is 0 Å². The Morgan fingerprint density at radius 3 is 2.87 bits per heavy atom. The SMILES string of the molecule is Nc1ncc(-c2cccc(Cl)c2)c(NCCCN2CCCC2)n1. The van der Waals surface area contributed by atoms with Crippen LogP contribution in [0.1, 0.15) is 19.3 Å². The summed E-state index contributed by atoms with van der Waals surface area (Å²) in [5.74, 6) is 1.04. The van der Waals surface area contributed by atoms with Gasteiger partial charge in [0.15, 0.2) is 0 Å². The number of nitrogens with zero attached hydrogens (tertiary/aromatic N) is 3. The van der Waals surface area contributed by atoms with Gasteiger partial charge in [0.1, 0.15) is 5.82 Å². The molecule has 0 bridgehead atoms. The molecule has 122 valence electrons. The second kappa shape index (κ2) is 7.62. The highest BCUT2D eigenvalue weighted by Gasteiger charge is 2.11. The molecule has 0 radical (unpaired) electrons. The van der Waals surface area contributed by atoms with Crippen molar-refractivity contribution in [2.24, 2.45) is 0 Å². The van der Waals surface area contributed by atoms with Gasteiger partial charge in [0.25, 0.3) is 0 Å². The van der Waals surface area contributed by atoms with Crippen molar-refractivity contribution in [3.05, 3.63) is 35.5 Å². The molecule has 0 aliphatic carbocycles. The number of aromatic nitrogens is 2. The third kappa shape index (κ3) is 4.33. The van der Waals surface area contributed by atoms with Crippen molar-refractivity contribution in [3.8, 4) is 11.1 Å². The van der Waals surface area contributed by atoms with Gasteiger partial charge in [-0.05, 0) is 56.6 Å². The summed E-state index contributed by atoms with van der Waals surface area (Å²) < 4.78 is 0. The molecule has 0 atom stereocenters. The molecule has 0 spiro atoms. The summed E-state index contributed by atoms with van der Waals surface area (Å²) in [4.78, 5) is 11.0. The zero-order valence-corrected chi connectivity index (χ0v) is 13.9. The molecule has 23 heavy (non-hydrogen) atoms. The van der Waals surface area contributed by atoms with E-state index >= 15 is 0 Å². The van der Waals surface area contributed by atoms with Crippen molar-refractivity contribution in [2.75, 3.05) is 37.2 Å². The predicted octanol–water partition coefficient (Wildman–Crippen LogP) is 3.28. The number of likely N-dealkylation sites (tertiary alicyclic amines) is 1. The number of anilines is 2. The van der Waals surface area contributed by atoms with Crippen molar-refractivity contribution >= 4 is 23.4 Å². The lowest BCUT2D eigenvalue weighted by molar-refractivity contribution is 0.337. The summed E-state index contributed by atoms with van der Waals surface area (Å²) in [6.07, 6.45) is 5.49. The van der Waals surface area contributed by atoms with Gasteiger partial charge in [-0.25, -0.2) is 4.98 Å². The van der Waals surface area contributed by atoms with Crippen LogP contribution < -0.4 is 11.1 Å². The maximum Gasteiger partial charge on any atom is 0.221 e. The first-order chi connectivity index (χ1) is 11.2. The maximum atomic E-state index is 6.09. The van der Waals surface area contributed by atoms with E-state index in [1.54, 1.807) is 6.20 Å². The topological polar surface area (TPSA) is 67.1 Å². The van der Waals surface area contributed by atoms with Gasteiger partial charge < -0.3 is 16.0 Å². The summed E-state index contributed by atoms with van der Waals surface area (Å²) in [6.45, 7) is 4.45. The number of rotatable bonds is 6. The Morgan fingerprint density at radius 1 is 1.26 bits per heavy atom. The zero-order valence-electron chi connectivity index (χ0n) is 13.1. The lowest BCUT2D eigenvalue weighted by atomic mass is 10.1. The molecular formula is C17H22ClN5. The highest BCUT2D eigenvalue weighted by molar-refractivity contribution is 6.30. The largest absolute Gasteiger partial charge is 0.369 e. The summed E-state index contributed by atoms with van der Waals surface area (Å²) in [7, 11) is 0. The van der Waals surface area contributed by atoms with Gasteiger partial charge in [-0.1, -0.05) is 23.7 Å². The van der Waals surface area contributed by atoms with E-state index in [1.165, 1.54) is 25.9 Å². The van der Waals surface area contributed by atoms with Crippen LogP contribution in [0.15, 0.2) is 30.5 Å². The molecule has 1 aliphatic rings. The normalized spacial score (nSPS) is 15.0. The molecule has 1 aromatic carbocycles. The zero-order chi connectivity index (χ0) is 16.1. The Hall–Kier alpha value is -1.85. The van der Waals surface area contributed by atoms with E-state index in [4.69, 9.17) is 17.3 Å². The molecule has 1 aromatic heterocycles. The highest BCUT2D eigenvalue weighted by Crippen LogP contribution is 2.28. The molecule has 3 N–H and O–H groups in total. The van der Waals surface area contributed by atoms with Gasteiger partial charge in [-0.2, -0.15) is 4.98 Å². The van der Waals surface area contributed by atoms with Gasteiger partial charge in [0, 0.05) is 23.3 Å². The first kappa shape index (κ1) is 16.0. The molecule has 0 amide bonds. The lowest BCUT2D eigenvalue weighted by Crippen LogP contribution is -2.22. The quantitative estimate of drug-likeness (QED) is 0.795. The fourth-order valence-corrected chi connectivity index (χ4v) is 3.10. The van der Waals surface area contributed by atoms with E-state index in [9.17, 15) is 0 Å². The van der Waals surface area contributed by atoms with E-state index in [2.05, 4.69) is 20.2 Å². The fourth-order valence-electron chi connectivity index (χ4n) is 2.91. The maximum absolute atomic E-state index is 6.09. The van der Waals surface area contributed by atoms with E-state index in [1.807, 2.05) is 24.3 Å². The third-order valence-corrected chi connectivity index (χ3v) is 4.32. The molecular weight excluding hydrogens is 310 g/mol. The smallest absolute Gasteiger partial charge is 0.221 e. The molecule has 1 aliphatic heterocycles. The Balaban J connectivity index is 1.66. The molecule has 2 heterocycles. The van der Waals surface area contributed by atoms with Gasteiger partial charge in [-0.3, -0.25) is 0 Å². The number of hydrogen-bond acceptors (Lipinski definition) is 5. The standard InChI is InChI=1S/C17H22ClN5/c18-14-6-3-5-13(11-14)15-12-21-17(19)22-16(15)20-7-4-10-23-8-1-2-9-23/h3,5-6,11-12H,1-2,4,7-10H2,(H3,19,20,21,22). The summed E-state index contributed by atoms with van der Waals surface area (Å²) in [6, 6.07) is 7.68. The molecule has 0 saturated carbocycles. The molecule has 1 saturated heterocycles. The molecule has 3 rings (SSSR count). The first-order valence-electron chi connectivity index (χ1n) is 8.07. The van der Waals surface area contributed by atoms with Crippen molar-refractivity contribution in [3.63, 3.8) is 0 Å². The Bertz CT molecular complexity index is 655. The van der Waals surface area contributed by atoms with E-state index in [0.29, 0.717) is 5.02 Å². The molecule has 1 fully saturated rings.